The number of hydrogen-bond acceptors (Lipinski definition) is 3. The molecule has 0 bridgehead atoms. The summed E-state index contributed by atoms with van der Waals surface area (Å²) in [6.45, 7) is 1.58. The second-order valence-electron chi connectivity index (χ2n) is 8.15. The Labute approximate surface area is 165 Å². The number of rotatable bonds is 3. The third kappa shape index (κ3) is 3.30. The highest BCUT2D eigenvalue weighted by molar-refractivity contribution is 5.79. The average Bonchev–Trinajstić information content (AvgIpc) is 3.18. The van der Waals surface area contributed by atoms with Gasteiger partial charge in [-0.05, 0) is 67.3 Å². The van der Waals surface area contributed by atoms with E-state index in [0.29, 0.717) is 6.42 Å². The van der Waals surface area contributed by atoms with E-state index in [1.165, 1.54) is 30.4 Å². The van der Waals surface area contributed by atoms with Crippen molar-refractivity contribution < 1.29 is 4.79 Å². The Hall–Kier alpha value is -2.69. The number of pyridine rings is 1. The lowest BCUT2D eigenvalue weighted by molar-refractivity contribution is -0.131. The van der Waals surface area contributed by atoms with Gasteiger partial charge in [-0.25, -0.2) is 0 Å². The Morgan fingerprint density at radius 2 is 1.93 bits per heavy atom. The molecule has 5 rings (SSSR count). The second kappa shape index (κ2) is 7.38. The highest BCUT2D eigenvalue weighted by Crippen LogP contribution is 2.27. The largest absolute Gasteiger partial charge is 0.342 e. The molecule has 144 valence electrons. The van der Waals surface area contributed by atoms with Crippen LogP contribution in [0.1, 0.15) is 54.1 Å². The maximum atomic E-state index is 13.0. The molecule has 2 aliphatic rings. The van der Waals surface area contributed by atoms with Crippen molar-refractivity contribution in [2.24, 2.45) is 0 Å². The summed E-state index contributed by atoms with van der Waals surface area (Å²) in [5, 5.41) is 8.70. The standard InChI is InChI=1S/C23H26N4O/c28-22(15-17-10-11-18-6-1-2-7-19(18)14-17)26-12-5-8-20(16-26)23-25-24-21-9-3-4-13-27(21)23/h3-4,9-11,13-14,20H,1-2,5-8,12,15-16H2. The molecule has 5 heteroatoms. The van der Waals surface area contributed by atoms with Gasteiger partial charge in [0.15, 0.2) is 5.65 Å². The molecule has 0 N–H and O–H groups in total. The average molecular weight is 374 g/mol. The van der Waals surface area contributed by atoms with Crippen LogP contribution in [0, 0.1) is 0 Å². The zero-order valence-electron chi connectivity index (χ0n) is 16.2. The summed E-state index contributed by atoms with van der Waals surface area (Å²) >= 11 is 0. The monoisotopic (exact) mass is 374 g/mol. The normalized spacial score (nSPS) is 19.6. The van der Waals surface area contributed by atoms with Gasteiger partial charge in [-0.3, -0.25) is 9.20 Å². The number of aromatic nitrogens is 3. The zero-order valence-corrected chi connectivity index (χ0v) is 16.2. The molecule has 1 amide bonds. The van der Waals surface area contributed by atoms with Crippen molar-refractivity contribution in [1.29, 1.82) is 0 Å². The molecular weight excluding hydrogens is 348 g/mol. The van der Waals surface area contributed by atoms with Gasteiger partial charge in [-0.1, -0.05) is 24.3 Å². The summed E-state index contributed by atoms with van der Waals surface area (Å²) in [6.07, 6.45) is 9.48. The SMILES string of the molecule is O=C(Cc1ccc2c(c1)CCCC2)N1CCCC(c2nnc3ccccn23)C1. The maximum Gasteiger partial charge on any atom is 0.227 e. The van der Waals surface area contributed by atoms with Crippen LogP contribution >= 0.6 is 0 Å². The first kappa shape index (κ1) is 17.4. The number of fused-ring (bicyclic) bond motifs is 2. The van der Waals surface area contributed by atoms with Crippen molar-refractivity contribution in [3.05, 3.63) is 65.1 Å². The van der Waals surface area contributed by atoms with Crippen molar-refractivity contribution in [1.82, 2.24) is 19.5 Å². The molecule has 1 aliphatic heterocycles. The Kier molecular flexibility index (Phi) is 4.59. The lowest BCUT2D eigenvalue weighted by Crippen LogP contribution is -2.40. The first-order chi connectivity index (χ1) is 13.8. The van der Waals surface area contributed by atoms with Crippen LogP contribution in [-0.2, 0) is 24.1 Å². The minimum Gasteiger partial charge on any atom is -0.342 e. The number of piperidine rings is 1. The molecule has 5 nitrogen and oxygen atoms in total. The molecule has 1 saturated heterocycles. The number of carbonyl (C=O) groups is 1. The van der Waals surface area contributed by atoms with Crippen molar-refractivity contribution in [2.45, 2.75) is 50.9 Å². The van der Waals surface area contributed by atoms with E-state index in [0.717, 1.165) is 49.4 Å². The molecule has 28 heavy (non-hydrogen) atoms. The molecule has 3 aromatic rings. The van der Waals surface area contributed by atoms with Gasteiger partial charge in [0.1, 0.15) is 5.82 Å². The summed E-state index contributed by atoms with van der Waals surface area (Å²) in [4.78, 5) is 15.0. The van der Waals surface area contributed by atoms with Gasteiger partial charge < -0.3 is 4.90 Å². The Morgan fingerprint density at radius 1 is 1.04 bits per heavy atom. The van der Waals surface area contributed by atoms with Gasteiger partial charge in [0.25, 0.3) is 0 Å². The number of carbonyl (C=O) groups excluding carboxylic acids is 1. The Morgan fingerprint density at radius 3 is 2.86 bits per heavy atom. The second-order valence-corrected chi connectivity index (χ2v) is 8.15. The minimum absolute atomic E-state index is 0.231. The van der Waals surface area contributed by atoms with Crippen LogP contribution in [0.2, 0.25) is 0 Å². The van der Waals surface area contributed by atoms with E-state index in [4.69, 9.17) is 0 Å². The fourth-order valence-corrected chi connectivity index (χ4v) is 4.74. The minimum atomic E-state index is 0.231. The molecule has 3 heterocycles. The third-order valence-corrected chi connectivity index (χ3v) is 6.25. The van der Waals surface area contributed by atoms with Crippen molar-refractivity contribution in [2.75, 3.05) is 13.1 Å². The number of benzene rings is 1. The van der Waals surface area contributed by atoms with Crippen LogP contribution in [0.25, 0.3) is 5.65 Å². The van der Waals surface area contributed by atoms with Crippen LogP contribution in [0.3, 0.4) is 0 Å². The number of hydrogen-bond donors (Lipinski definition) is 0. The smallest absolute Gasteiger partial charge is 0.227 e. The summed E-state index contributed by atoms with van der Waals surface area (Å²) in [5.41, 5.74) is 4.94. The molecule has 0 spiro atoms. The summed E-state index contributed by atoms with van der Waals surface area (Å²) < 4.78 is 2.06. The predicted octanol–water partition coefficient (Wildman–Crippen LogP) is 3.56. The van der Waals surface area contributed by atoms with E-state index in [2.05, 4.69) is 32.8 Å². The molecule has 2 aromatic heterocycles. The predicted molar refractivity (Wildman–Crippen MR) is 108 cm³/mol. The molecular formula is C23H26N4O. The molecule has 0 saturated carbocycles. The van der Waals surface area contributed by atoms with Gasteiger partial charge in [0, 0.05) is 25.2 Å². The summed E-state index contributed by atoms with van der Waals surface area (Å²) in [5.74, 6) is 1.45. The first-order valence-corrected chi connectivity index (χ1v) is 10.5. The summed E-state index contributed by atoms with van der Waals surface area (Å²) in [7, 11) is 0. The fourth-order valence-electron chi connectivity index (χ4n) is 4.74. The zero-order chi connectivity index (χ0) is 18.9. The first-order valence-electron chi connectivity index (χ1n) is 10.5. The van der Waals surface area contributed by atoms with Gasteiger partial charge in [-0.2, -0.15) is 0 Å². The molecule has 1 fully saturated rings. The Balaban J connectivity index is 1.30. The van der Waals surface area contributed by atoms with E-state index >= 15 is 0 Å². The van der Waals surface area contributed by atoms with Crippen LogP contribution in [0.5, 0.6) is 0 Å². The van der Waals surface area contributed by atoms with Crippen molar-refractivity contribution in [3.63, 3.8) is 0 Å². The number of likely N-dealkylation sites (tertiary alicyclic amines) is 1. The molecule has 1 unspecified atom stereocenters. The van der Waals surface area contributed by atoms with Crippen LogP contribution < -0.4 is 0 Å². The lowest BCUT2D eigenvalue weighted by Gasteiger charge is -2.32. The topological polar surface area (TPSA) is 50.5 Å². The quantitative estimate of drug-likeness (QED) is 0.704. The highest BCUT2D eigenvalue weighted by Gasteiger charge is 2.28. The van der Waals surface area contributed by atoms with Crippen LogP contribution in [0.15, 0.2) is 42.6 Å². The van der Waals surface area contributed by atoms with Crippen molar-refractivity contribution in [3.8, 4) is 0 Å². The number of nitrogens with zero attached hydrogens (tertiary/aromatic N) is 4. The third-order valence-electron chi connectivity index (χ3n) is 6.25. The highest BCUT2D eigenvalue weighted by atomic mass is 16.2. The van der Waals surface area contributed by atoms with E-state index < -0.39 is 0 Å². The number of aryl methyl sites for hydroxylation is 2. The van der Waals surface area contributed by atoms with Gasteiger partial charge in [0.05, 0.1) is 6.42 Å². The molecule has 1 aliphatic carbocycles. The van der Waals surface area contributed by atoms with Crippen LogP contribution in [0.4, 0.5) is 0 Å². The van der Waals surface area contributed by atoms with Crippen molar-refractivity contribution >= 4 is 11.6 Å². The lowest BCUT2D eigenvalue weighted by atomic mass is 9.89. The van der Waals surface area contributed by atoms with E-state index in [1.54, 1.807) is 0 Å². The van der Waals surface area contributed by atoms with Gasteiger partial charge >= 0.3 is 0 Å². The van der Waals surface area contributed by atoms with E-state index in [1.807, 2.05) is 29.3 Å². The van der Waals surface area contributed by atoms with E-state index in [-0.39, 0.29) is 11.8 Å². The molecule has 0 radical (unpaired) electrons. The number of amides is 1. The summed E-state index contributed by atoms with van der Waals surface area (Å²) in [6, 6.07) is 12.6. The Bertz CT molecular complexity index is 1010. The maximum absolute atomic E-state index is 13.0. The van der Waals surface area contributed by atoms with Gasteiger partial charge in [0.2, 0.25) is 5.91 Å². The molecule has 1 aromatic carbocycles. The van der Waals surface area contributed by atoms with E-state index in [9.17, 15) is 4.79 Å². The molecule has 1 atom stereocenters. The van der Waals surface area contributed by atoms with Crippen LogP contribution in [-0.4, -0.2) is 38.5 Å². The van der Waals surface area contributed by atoms with Gasteiger partial charge in [-0.15, -0.1) is 10.2 Å². The fraction of sp³-hybridized carbons (Fsp3) is 0.435.